The van der Waals surface area contributed by atoms with E-state index in [1.807, 2.05) is 32.0 Å². The monoisotopic (exact) mass is 549 g/mol. The number of hydrogen-bond donors (Lipinski definition) is 1. The van der Waals surface area contributed by atoms with Gasteiger partial charge in [0.1, 0.15) is 6.54 Å². The highest BCUT2D eigenvalue weighted by Gasteiger charge is 2.35. The summed E-state index contributed by atoms with van der Waals surface area (Å²) in [5.41, 5.74) is 5.11. The molecule has 10 nitrogen and oxygen atoms in total. The molecule has 0 spiro atoms. The van der Waals surface area contributed by atoms with Gasteiger partial charge in [-0.3, -0.25) is 9.69 Å². The lowest BCUT2D eigenvalue weighted by Gasteiger charge is -2.31. The highest BCUT2D eigenvalue weighted by atomic mass is 16.7. The molecule has 3 aliphatic heterocycles. The molecule has 2 aromatic rings. The third kappa shape index (κ3) is 6.39. The van der Waals surface area contributed by atoms with Crippen molar-refractivity contribution in [2.75, 3.05) is 52.7 Å². The molecule has 0 bridgehead atoms. The zero-order chi connectivity index (χ0) is 28.2. The van der Waals surface area contributed by atoms with Gasteiger partial charge in [-0.25, -0.2) is 9.80 Å². The van der Waals surface area contributed by atoms with Crippen LogP contribution in [0.4, 0.5) is 4.79 Å². The number of nitrogens with zero attached hydrogens (tertiary/aromatic N) is 4. The van der Waals surface area contributed by atoms with Crippen LogP contribution in [0.25, 0.3) is 0 Å². The summed E-state index contributed by atoms with van der Waals surface area (Å²) in [6.07, 6.45) is 0.555. The summed E-state index contributed by atoms with van der Waals surface area (Å²) in [4.78, 5) is 30.9. The van der Waals surface area contributed by atoms with Crippen LogP contribution in [-0.4, -0.2) is 91.2 Å². The summed E-state index contributed by atoms with van der Waals surface area (Å²) in [5.74, 6) is 1.12. The fourth-order valence-corrected chi connectivity index (χ4v) is 5.13. The second-order valence-electron chi connectivity index (χ2n) is 10.9. The van der Waals surface area contributed by atoms with Gasteiger partial charge in [0.05, 0.1) is 25.0 Å². The van der Waals surface area contributed by atoms with Gasteiger partial charge < -0.3 is 24.4 Å². The third-order valence-electron chi connectivity index (χ3n) is 7.60. The molecule has 1 fully saturated rings. The van der Waals surface area contributed by atoms with Crippen molar-refractivity contribution in [1.29, 1.82) is 0 Å². The molecule has 1 atom stereocenters. The van der Waals surface area contributed by atoms with Gasteiger partial charge in [0.15, 0.2) is 11.5 Å². The number of fused-ring (bicyclic) bond motifs is 1. The molecule has 3 heterocycles. The average Bonchev–Trinajstić information content (AvgIpc) is 3.60. The van der Waals surface area contributed by atoms with Crippen LogP contribution in [0.15, 0.2) is 41.5 Å². The Morgan fingerprint density at radius 3 is 2.58 bits per heavy atom. The normalized spacial score (nSPS) is 18.7. The van der Waals surface area contributed by atoms with E-state index in [4.69, 9.17) is 19.3 Å². The first kappa shape index (κ1) is 27.9. The van der Waals surface area contributed by atoms with Crippen LogP contribution in [0.1, 0.15) is 48.6 Å². The predicted octanol–water partition coefficient (Wildman–Crippen LogP) is 3.46. The number of morpholine rings is 1. The van der Waals surface area contributed by atoms with E-state index in [1.165, 1.54) is 11.1 Å². The Morgan fingerprint density at radius 2 is 1.82 bits per heavy atom. The Hall–Kier alpha value is -3.63. The molecule has 3 aliphatic rings. The minimum absolute atomic E-state index is 0.0453. The van der Waals surface area contributed by atoms with Crippen molar-refractivity contribution >= 4 is 17.6 Å². The van der Waals surface area contributed by atoms with Gasteiger partial charge in [0.2, 0.25) is 6.79 Å². The lowest BCUT2D eigenvalue weighted by Crippen LogP contribution is -2.50. The smallest absolute Gasteiger partial charge is 0.318 e. The highest BCUT2D eigenvalue weighted by Crippen LogP contribution is 2.39. The second kappa shape index (κ2) is 12.3. The van der Waals surface area contributed by atoms with Gasteiger partial charge in [-0.2, -0.15) is 5.10 Å². The molecule has 1 N–H and O–H groups in total. The number of carbonyl (C=O) groups is 2. The Balaban J connectivity index is 1.40. The molecule has 10 heteroatoms. The molecule has 40 heavy (non-hydrogen) atoms. The Morgan fingerprint density at radius 1 is 1.05 bits per heavy atom. The van der Waals surface area contributed by atoms with E-state index in [1.54, 1.807) is 9.91 Å². The molecular formula is C30H39N5O5. The number of amides is 3. The number of rotatable bonds is 8. The number of benzene rings is 2. The van der Waals surface area contributed by atoms with Gasteiger partial charge in [-0.15, -0.1) is 0 Å². The van der Waals surface area contributed by atoms with Crippen LogP contribution in [-0.2, 0) is 9.53 Å². The van der Waals surface area contributed by atoms with Crippen LogP contribution < -0.4 is 14.8 Å². The maximum atomic E-state index is 13.9. The predicted molar refractivity (Wildman–Crippen MR) is 152 cm³/mol. The second-order valence-corrected chi connectivity index (χ2v) is 10.9. The Bertz CT molecular complexity index is 1270. The molecule has 5 rings (SSSR count). The van der Waals surface area contributed by atoms with Gasteiger partial charge in [0, 0.05) is 38.6 Å². The van der Waals surface area contributed by atoms with Crippen molar-refractivity contribution in [1.82, 2.24) is 20.1 Å². The van der Waals surface area contributed by atoms with Crippen molar-refractivity contribution in [3.8, 4) is 11.5 Å². The number of hydrazone groups is 1. The number of urea groups is 1. The highest BCUT2D eigenvalue weighted by molar-refractivity contribution is 6.03. The van der Waals surface area contributed by atoms with Crippen molar-refractivity contribution in [3.05, 3.63) is 58.7 Å². The van der Waals surface area contributed by atoms with E-state index in [2.05, 4.69) is 42.3 Å². The topological polar surface area (TPSA) is 95.9 Å². The van der Waals surface area contributed by atoms with Crippen LogP contribution in [0.2, 0.25) is 0 Å². The Labute approximate surface area is 235 Å². The summed E-state index contributed by atoms with van der Waals surface area (Å²) in [6, 6.07) is 11.4. The van der Waals surface area contributed by atoms with Gasteiger partial charge in [-0.05, 0) is 68.1 Å². The maximum absolute atomic E-state index is 13.9. The maximum Gasteiger partial charge on any atom is 0.318 e. The third-order valence-corrected chi connectivity index (χ3v) is 7.60. The number of ether oxygens (including phenoxy) is 3. The first-order chi connectivity index (χ1) is 19.3. The fraction of sp³-hybridized carbons (Fsp3) is 0.500. The lowest BCUT2D eigenvalue weighted by atomic mass is 9.96. The van der Waals surface area contributed by atoms with E-state index in [-0.39, 0.29) is 37.4 Å². The summed E-state index contributed by atoms with van der Waals surface area (Å²) in [6.45, 7) is 12.2. The van der Waals surface area contributed by atoms with Crippen molar-refractivity contribution in [2.45, 2.75) is 46.2 Å². The first-order valence-corrected chi connectivity index (χ1v) is 14.0. The van der Waals surface area contributed by atoms with Crippen molar-refractivity contribution in [2.24, 2.45) is 5.10 Å². The van der Waals surface area contributed by atoms with Crippen molar-refractivity contribution < 1.29 is 23.8 Å². The molecular weight excluding hydrogens is 510 g/mol. The summed E-state index contributed by atoms with van der Waals surface area (Å²) >= 11 is 0. The number of nitrogens with one attached hydrogen (secondary N) is 1. The summed E-state index contributed by atoms with van der Waals surface area (Å²) < 4.78 is 16.6. The molecule has 1 saturated heterocycles. The molecule has 3 amide bonds. The van der Waals surface area contributed by atoms with E-state index in [0.29, 0.717) is 44.2 Å². The molecule has 0 saturated carbocycles. The van der Waals surface area contributed by atoms with Crippen molar-refractivity contribution in [3.63, 3.8) is 0 Å². The van der Waals surface area contributed by atoms with E-state index in [0.717, 1.165) is 29.9 Å². The molecule has 214 valence electrons. The van der Waals surface area contributed by atoms with Crippen LogP contribution in [0, 0.1) is 13.8 Å². The first-order valence-electron chi connectivity index (χ1n) is 14.0. The van der Waals surface area contributed by atoms with Crippen LogP contribution in [0.5, 0.6) is 11.5 Å². The zero-order valence-corrected chi connectivity index (χ0v) is 23.8. The number of hydrogen-bond acceptors (Lipinski definition) is 7. The molecule has 0 aromatic heterocycles. The standard InChI is InChI=1S/C30H39N5O5/c1-20(2)31-30(37)34(10-9-33-11-13-38-14-12-33)18-29(36)35-26(24-7-8-27-28(16-24)40-19-39-27)17-25(32-35)23-6-5-21(3)22(4)15-23/h5-8,15-16,20,26H,9-14,17-19H2,1-4H3,(H,31,37)/t26-/m0/s1. The fourth-order valence-electron chi connectivity index (χ4n) is 5.13. The van der Waals surface area contributed by atoms with E-state index >= 15 is 0 Å². The van der Waals surface area contributed by atoms with E-state index < -0.39 is 0 Å². The summed E-state index contributed by atoms with van der Waals surface area (Å²) in [5, 5.41) is 9.35. The van der Waals surface area contributed by atoms with Crippen LogP contribution in [0.3, 0.4) is 0 Å². The van der Waals surface area contributed by atoms with Crippen LogP contribution >= 0.6 is 0 Å². The van der Waals surface area contributed by atoms with Gasteiger partial charge >= 0.3 is 6.03 Å². The molecule has 0 unspecified atom stereocenters. The zero-order valence-electron chi connectivity index (χ0n) is 23.8. The number of carbonyl (C=O) groups excluding carboxylic acids is 2. The SMILES string of the molecule is Cc1ccc(C2=NN(C(=O)CN(CCN3CCOCC3)C(=O)NC(C)C)[C@H](c3ccc4c(c3)OCO4)C2)cc1C. The summed E-state index contributed by atoms with van der Waals surface area (Å²) in [7, 11) is 0. The lowest BCUT2D eigenvalue weighted by molar-refractivity contribution is -0.133. The minimum Gasteiger partial charge on any atom is -0.454 e. The quantitative estimate of drug-likeness (QED) is 0.542. The number of aryl methyl sites for hydroxylation is 2. The van der Waals surface area contributed by atoms with Gasteiger partial charge in [-0.1, -0.05) is 18.2 Å². The minimum atomic E-state index is -0.326. The largest absolute Gasteiger partial charge is 0.454 e. The van der Waals surface area contributed by atoms with Gasteiger partial charge in [0.25, 0.3) is 5.91 Å². The Kier molecular flexibility index (Phi) is 8.56. The average molecular weight is 550 g/mol. The van der Waals surface area contributed by atoms with E-state index in [9.17, 15) is 9.59 Å². The molecule has 0 radical (unpaired) electrons. The molecule has 2 aromatic carbocycles. The molecule has 0 aliphatic carbocycles.